The molecule has 0 saturated heterocycles. The van der Waals surface area contributed by atoms with Gasteiger partial charge in [-0.05, 0) is 18.1 Å². The second-order valence-electron chi connectivity index (χ2n) is 5.46. The number of carbonyl (C=O) groups is 1. The lowest BCUT2D eigenvalue weighted by Gasteiger charge is -2.48. The Bertz CT molecular complexity index is 632. The van der Waals surface area contributed by atoms with E-state index in [0.29, 0.717) is 11.5 Å². The standard InChI is InChI=1S/C16H15NO4/c1-10-13-4-2-3-5-14(13)15(10)21-16(18)11-6-8-12(9-7-11)17(19)20/h2-10,13-15H,1H3/t10-,13+,14-,15+/m1/s1. The molecule has 2 aliphatic carbocycles. The molecule has 1 aromatic rings. The van der Waals surface area contributed by atoms with Gasteiger partial charge in [-0.25, -0.2) is 4.79 Å². The Morgan fingerprint density at radius 1 is 1.14 bits per heavy atom. The van der Waals surface area contributed by atoms with Crippen molar-refractivity contribution in [2.45, 2.75) is 13.0 Å². The quantitative estimate of drug-likeness (QED) is 0.486. The molecule has 0 aromatic heterocycles. The van der Waals surface area contributed by atoms with Crippen molar-refractivity contribution >= 4 is 11.7 Å². The third-order valence-electron chi connectivity index (χ3n) is 4.28. The summed E-state index contributed by atoms with van der Waals surface area (Å²) in [6.45, 7) is 2.07. The highest BCUT2D eigenvalue weighted by Gasteiger charge is 2.48. The number of benzene rings is 1. The van der Waals surface area contributed by atoms with Crippen LogP contribution in [0.2, 0.25) is 0 Å². The number of ether oxygens (including phenoxy) is 1. The first-order valence-corrected chi connectivity index (χ1v) is 6.88. The number of nitro groups is 1. The lowest BCUT2D eigenvalue weighted by molar-refractivity contribution is -0.384. The lowest BCUT2D eigenvalue weighted by Crippen LogP contribution is -2.51. The summed E-state index contributed by atoms with van der Waals surface area (Å²) >= 11 is 0. The predicted octanol–water partition coefficient (Wildman–Crippen LogP) is 3.13. The van der Waals surface area contributed by atoms with Crippen LogP contribution in [0.3, 0.4) is 0 Å². The number of hydrogen-bond acceptors (Lipinski definition) is 4. The summed E-state index contributed by atoms with van der Waals surface area (Å²) < 4.78 is 5.56. The molecule has 0 spiro atoms. The van der Waals surface area contributed by atoms with Crippen molar-refractivity contribution in [1.29, 1.82) is 0 Å². The molecule has 21 heavy (non-hydrogen) atoms. The van der Waals surface area contributed by atoms with Gasteiger partial charge in [0.25, 0.3) is 5.69 Å². The van der Waals surface area contributed by atoms with Gasteiger partial charge in [-0.2, -0.15) is 0 Å². The number of nitrogens with zero attached hydrogens (tertiary/aromatic N) is 1. The molecule has 0 bridgehead atoms. The van der Waals surface area contributed by atoms with Gasteiger partial charge >= 0.3 is 5.97 Å². The van der Waals surface area contributed by atoms with E-state index in [0.717, 1.165) is 0 Å². The molecule has 0 N–H and O–H groups in total. The number of hydrogen-bond donors (Lipinski definition) is 0. The maximum absolute atomic E-state index is 12.1. The summed E-state index contributed by atoms with van der Waals surface area (Å²) in [7, 11) is 0. The predicted molar refractivity (Wildman–Crippen MR) is 76.7 cm³/mol. The van der Waals surface area contributed by atoms with Crippen LogP contribution in [0.25, 0.3) is 0 Å². The Morgan fingerprint density at radius 2 is 1.76 bits per heavy atom. The van der Waals surface area contributed by atoms with Crippen LogP contribution in [0.5, 0.6) is 0 Å². The first-order chi connectivity index (χ1) is 10.1. The van der Waals surface area contributed by atoms with E-state index < -0.39 is 10.9 Å². The maximum atomic E-state index is 12.1. The van der Waals surface area contributed by atoms with Crippen molar-refractivity contribution in [2.75, 3.05) is 0 Å². The van der Waals surface area contributed by atoms with Crippen LogP contribution in [-0.4, -0.2) is 17.0 Å². The third kappa shape index (κ3) is 2.35. The van der Waals surface area contributed by atoms with E-state index in [1.165, 1.54) is 24.3 Å². The summed E-state index contributed by atoms with van der Waals surface area (Å²) in [6.07, 6.45) is 8.08. The fourth-order valence-electron chi connectivity index (χ4n) is 3.02. The van der Waals surface area contributed by atoms with Crippen LogP contribution >= 0.6 is 0 Å². The molecule has 0 unspecified atom stereocenters. The molecule has 1 fully saturated rings. The maximum Gasteiger partial charge on any atom is 0.338 e. The van der Waals surface area contributed by atoms with Crippen molar-refractivity contribution in [1.82, 2.24) is 0 Å². The third-order valence-corrected chi connectivity index (χ3v) is 4.28. The minimum absolute atomic E-state index is 0.0380. The molecule has 108 valence electrons. The Hall–Kier alpha value is -2.43. The molecule has 5 heteroatoms. The fraction of sp³-hybridized carbons (Fsp3) is 0.312. The van der Waals surface area contributed by atoms with Crippen molar-refractivity contribution in [2.24, 2.45) is 17.8 Å². The monoisotopic (exact) mass is 285 g/mol. The average molecular weight is 285 g/mol. The van der Waals surface area contributed by atoms with Crippen molar-refractivity contribution in [3.8, 4) is 0 Å². The summed E-state index contributed by atoms with van der Waals surface area (Å²) in [5.41, 5.74) is 0.301. The van der Waals surface area contributed by atoms with Crippen LogP contribution in [0.4, 0.5) is 5.69 Å². The second kappa shape index (κ2) is 5.16. The number of allylic oxidation sites excluding steroid dienone is 3. The molecular formula is C16H15NO4. The number of carbonyl (C=O) groups excluding carboxylic acids is 1. The van der Waals surface area contributed by atoms with Gasteiger partial charge in [0.15, 0.2) is 0 Å². The highest BCUT2D eigenvalue weighted by atomic mass is 16.6. The molecule has 4 atom stereocenters. The zero-order valence-electron chi connectivity index (χ0n) is 11.5. The van der Waals surface area contributed by atoms with Crippen LogP contribution < -0.4 is 0 Å². The largest absolute Gasteiger partial charge is 0.458 e. The van der Waals surface area contributed by atoms with E-state index in [9.17, 15) is 14.9 Å². The van der Waals surface area contributed by atoms with Gasteiger partial charge in [0.1, 0.15) is 6.10 Å². The van der Waals surface area contributed by atoms with E-state index in [1.807, 2.05) is 12.2 Å². The van der Waals surface area contributed by atoms with Gasteiger partial charge in [-0.1, -0.05) is 31.2 Å². The van der Waals surface area contributed by atoms with E-state index in [4.69, 9.17) is 4.74 Å². The second-order valence-corrected chi connectivity index (χ2v) is 5.46. The number of rotatable bonds is 3. The molecule has 5 nitrogen and oxygen atoms in total. The SMILES string of the molecule is C[C@@H]1[C@@H]2C=CC=C[C@H]2[C@H]1OC(=O)c1ccc([N+](=O)[O-])cc1. The molecular weight excluding hydrogens is 270 g/mol. The van der Waals surface area contributed by atoms with E-state index in [1.54, 1.807) is 0 Å². The zero-order valence-corrected chi connectivity index (χ0v) is 11.5. The Labute approximate surface area is 122 Å². The molecule has 0 radical (unpaired) electrons. The molecule has 0 aliphatic heterocycles. The molecule has 0 amide bonds. The highest BCUT2D eigenvalue weighted by molar-refractivity contribution is 5.89. The number of fused-ring (bicyclic) bond motifs is 1. The van der Waals surface area contributed by atoms with Crippen molar-refractivity contribution in [3.63, 3.8) is 0 Å². The Morgan fingerprint density at radius 3 is 2.38 bits per heavy atom. The highest BCUT2D eigenvalue weighted by Crippen LogP contribution is 2.46. The average Bonchev–Trinajstić information content (AvgIpc) is 2.52. The van der Waals surface area contributed by atoms with Crippen molar-refractivity contribution in [3.05, 3.63) is 64.2 Å². The number of esters is 1. The summed E-state index contributed by atoms with van der Waals surface area (Å²) in [6, 6.07) is 5.48. The summed E-state index contributed by atoms with van der Waals surface area (Å²) in [4.78, 5) is 22.2. The Kier molecular flexibility index (Phi) is 3.33. The lowest BCUT2D eigenvalue weighted by atomic mass is 9.61. The van der Waals surface area contributed by atoms with Crippen LogP contribution in [0.15, 0.2) is 48.6 Å². The minimum atomic E-state index is -0.493. The number of non-ortho nitro benzene ring substituents is 1. The molecule has 3 rings (SSSR count). The van der Waals surface area contributed by atoms with Crippen molar-refractivity contribution < 1.29 is 14.5 Å². The topological polar surface area (TPSA) is 69.4 Å². The van der Waals surface area contributed by atoms with Gasteiger partial charge in [0, 0.05) is 24.0 Å². The Balaban J connectivity index is 1.68. The fourth-order valence-corrected chi connectivity index (χ4v) is 3.02. The van der Waals surface area contributed by atoms with E-state index in [2.05, 4.69) is 19.1 Å². The van der Waals surface area contributed by atoms with Gasteiger partial charge < -0.3 is 4.74 Å². The number of nitro benzene ring substituents is 1. The molecule has 0 heterocycles. The van der Waals surface area contributed by atoms with E-state index >= 15 is 0 Å². The van der Waals surface area contributed by atoms with Crippen LogP contribution in [-0.2, 0) is 4.74 Å². The van der Waals surface area contributed by atoms with Gasteiger partial charge in [-0.3, -0.25) is 10.1 Å². The molecule has 2 aliphatic rings. The first kappa shape index (κ1) is 13.5. The zero-order chi connectivity index (χ0) is 15.0. The summed E-state index contributed by atoms with van der Waals surface area (Å²) in [5.74, 6) is 0.540. The molecule has 1 saturated carbocycles. The van der Waals surface area contributed by atoms with Gasteiger partial charge in [0.05, 0.1) is 10.5 Å². The van der Waals surface area contributed by atoms with Gasteiger partial charge in [-0.15, -0.1) is 0 Å². The molecule has 1 aromatic carbocycles. The summed E-state index contributed by atoms with van der Waals surface area (Å²) in [5, 5.41) is 10.6. The minimum Gasteiger partial charge on any atom is -0.458 e. The first-order valence-electron chi connectivity index (χ1n) is 6.88. The normalized spacial score (nSPS) is 29.4. The van der Waals surface area contributed by atoms with Crippen LogP contribution in [0.1, 0.15) is 17.3 Å². The smallest absolute Gasteiger partial charge is 0.338 e. The van der Waals surface area contributed by atoms with Crippen LogP contribution in [0, 0.1) is 27.9 Å². The van der Waals surface area contributed by atoms with Gasteiger partial charge in [0.2, 0.25) is 0 Å². The van der Waals surface area contributed by atoms with E-state index in [-0.39, 0.29) is 23.6 Å².